The van der Waals surface area contributed by atoms with Gasteiger partial charge < -0.3 is 43.8 Å². The molecule has 1 aromatic rings. The van der Waals surface area contributed by atoms with Crippen molar-refractivity contribution in [3.8, 4) is 5.75 Å². The van der Waals surface area contributed by atoms with Gasteiger partial charge in [0.25, 0.3) is 0 Å². The Bertz CT molecular complexity index is 2140. The SMILES string of the molecule is CC(=O)OCC1CC(OCCCCCC(=O)NCCCC[C@H](NC(=O)CCCCCOC2CC(COC(C)=O)C(OC(C)=O)C(C)C2C)C(=O)CCCCCCC(=O)Oc2c(F)c(F)c(F)c(F)c2F)C(C)C(C)C1OC(C)=O. The minimum atomic E-state index is -2.38. The normalized spacial score (nSPS) is 23.2. The molecule has 0 radical (unpaired) electrons. The summed E-state index contributed by atoms with van der Waals surface area (Å²) in [5, 5.41) is 5.81. The second-order valence-electron chi connectivity index (χ2n) is 21.3. The van der Waals surface area contributed by atoms with Gasteiger partial charge in [-0.15, -0.1) is 0 Å². The first-order valence-corrected chi connectivity index (χ1v) is 28.1. The Labute approximate surface area is 461 Å². The Morgan fingerprint density at radius 3 is 1.39 bits per heavy atom. The standard InChI is InChI=1S/C57H85F5N2O15/c1-33-35(3)55(77-39(7)67)41(31-75-37(5)65)29-45(33)73-27-19-11-14-23-47(70)63-26-18-17-21-43(44(69)22-13-9-10-16-25-49(72)79-57-53(61)51(59)50(58)52(60)54(57)62)64-48(71)24-15-12-20-28-74-46-30-42(32-76-38(6)66)56(78-40(8)68)36(4)34(46)2/h33-36,41-43,45-46,55-56H,9-32H2,1-8H3,(H,63,70)(H,64,71)/t33?,34?,35?,36?,41?,42?,43-,45?,46?,55?,56?/m0/s1. The van der Waals surface area contributed by atoms with Crippen LogP contribution < -0.4 is 15.4 Å². The average Bonchev–Trinajstić information content (AvgIpc) is 3.42. The zero-order valence-corrected chi connectivity index (χ0v) is 47.3. The Morgan fingerprint density at radius 2 is 0.924 bits per heavy atom. The van der Waals surface area contributed by atoms with Gasteiger partial charge in [-0.05, 0) is 94.3 Å². The molecule has 3 rings (SSSR count). The molecule has 2 saturated carbocycles. The van der Waals surface area contributed by atoms with E-state index >= 15 is 0 Å². The molecule has 10 unspecified atom stereocenters. The van der Waals surface area contributed by atoms with Crippen LogP contribution >= 0.6 is 0 Å². The maximum absolute atomic E-state index is 14.0. The summed E-state index contributed by atoms with van der Waals surface area (Å²) in [6, 6.07) is -0.801. The fourth-order valence-corrected chi connectivity index (χ4v) is 10.3. The lowest BCUT2D eigenvalue weighted by molar-refractivity contribution is -0.171. The molecule has 448 valence electrons. The lowest BCUT2D eigenvalue weighted by Gasteiger charge is -2.43. The molecule has 2 fully saturated rings. The first-order chi connectivity index (χ1) is 37.4. The highest BCUT2D eigenvalue weighted by Gasteiger charge is 2.45. The van der Waals surface area contributed by atoms with Crippen molar-refractivity contribution in [3.05, 3.63) is 29.1 Å². The number of ketones is 1. The third kappa shape index (κ3) is 23.8. The van der Waals surface area contributed by atoms with Crippen LogP contribution in [0.25, 0.3) is 0 Å². The molecule has 0 spiro atoms. The number of hydrogen-bond acceptors (Lipinski definition) is 15. The van der Waals surface area contributed by atoms with E-state index in [-0.39, 0.29) is 116 Å². The predicted octanol–water partition coefficient (Wildman–Crippen LogP) is 9.43. The van der Waals surface area contributed by atoms with Crippen LogP contribution in [-0.2, 0) is 66.8 Å². The number of nitrogens with one attached hydrogen (secondary N) is 2. The second-order valence-corrected chi connectivity index (χ2v) is 21.3. The Kier molecular flexibility index (Phi) is 30.5. The first-order valence-electron chi connectivity index (χ1n) is 28.1. The molecule has 2 N–H and O–H groups in total. The highest BCUT2D eigenvalue weighted by molar-refractivity contribution is 5.89. The van der Waals surface area contributed by atoms with Gasteiger partial charge in [-0.1, -0.05) is 53.4 Å². The van der Waals surface area contributed by atoms with Gasteiger partial charge in [-0.25, -0.2) is 13.2 Å². The first kappa shape index (κ1) is 68.0. The van der Waals surface area contributed by atoms with E-state index in [2.05, 4.69) is 22.3 Å². The van der Waals surface area contributed by atoms with Crippen molar-refractivity contribution in [2.45, 2.75) is 208 Å². The Morgan fingerprint density at radius 1 is 0.494 bits per heavy atom. The van der Waals surface area contributed by atoms with E-state index in [4.69, 9.17) is 28.4 Å². The van der Waals surface area contributed by atoms with Crippen molar-refractivity contribution in [3.63, 3.8) is 0 Å². The summed E-state index contributed by atoms with van der Waals surface area (Å²) in [5.74, 6) is -16.8. The van der Waals surface area contributed by atoms with Gasteiger partial charge in [0.15, 0.2) is 5.78 Å². The van der Waals surface area contributed by atoms with E-state index in [1.807, 2.05) is 20.8 Å². The number of benzene rings is 1. The van der Waals surface area contributed by atoms with Gasteiger partial charge in [0.2, 0.25) is 46.6 Å². The highest BCUT2D eigenvalue weighted by Crippen LogP contribution is 2.40. The van der Waals surface area contributed by atoms with Crippen LogP contribution in [-0.4, -0.2) is 111 Å². The van der Waals surface area contributed by atoms with Crippen molar-refractivity contribution in [1.82, 2.24) is 10.6 Å². The fraction of sp³-hybridized carbons (Fsp3) is 0.754. The van der Waals surface area contributed by atoms with Crippen molar-refractivity contribution < 1.29 is 93.5 Å². The van der Waals surface area contributed by atoms with Gasteiger partial charge in [0.1, 0.15) is 12.2 Å². The van der Waals surface area contributed by atoms with Crippen LogP contribution in [0.5, 0.6) is 5.75 Å². The molecule has 17 nitrogen and oxygen atoms in total. The molecule has 2 aliphatic carbocycles. The molecule has 22 heteroatoms. The average molecular weight is 1130 g/mol. The summed E-state index contributed by atoms with van der Waals surface area (Å²) < 4.78 is 107. The largest absolute Gasteiger partial charge is 0.465 e. The minimum Gasteiger partial charge on any atom is -0.465 e. The summed E-state index contributed by atoms with van der Waals surface area (Å²) in [4.78, 5) is 98.3. The van der Waals surface area contributed by atoms with Crippen molar-refractivity contribution in [1.29, 1.82) is 0 Å². The number of unbranched alkanes of at least 4 members (excludes halogenated alkanes) is 8. The van der Waals surface area contributed by atoms with E-state index in [9.17, 15) is 60.3 Å². The summed E-state index contributed by atoms with van der Waals surface area (Å²) in [7, 11) is 0. The maximum Gasteiger partial charge on any atom is 0.311 e. The van der Waals surface area contributed by atoms with E-state index in [1.165, 1.54) is 27.7 Å². The number of rotatable bonds is 35. The molecule has 0 heterocycles. The summed E-state index contributed by atoms with van der Waals surface area (Å²) >= 11 is 0. The zero-order valence-electron chi connectivity index (χ0n) is 47.3. The number of Topliss-reactive ketones (excluding diaryl/α,β-unsaturated/α-hetero) is 1. The number of hydrogen-bond donors (Lipinski definition) is 2. The summed E-state index contributed by atoms with van der Waals surface area (Å²) in [6.07, 6.45) is 6.91. The smallest absolute Gasteiger partial charge is 0.311 e. The predicted molar refractivity (Wildman–Crippen MR) is 277 cm³/mol. The molecule has 1 aromatic carbocycles. The molecular weight excluding hydrogens is 1050 g/mol. The molecule has 11 atom stereocenters. The number of carbonyl (C=O) groups is 8. The molecule has 0 bridgehead atoms. The van der Waals surface area contributed by atoms with Crippen molar-refractivity contribution in [2.24, 2.45) is 35.5 Å². The summed E-state index contributed by atoms with van der Waals surface area (Å²) in [6.45, 7) is 15.0. The van der Waals surface area contributed by atoms with E-state index in [0.717, 1.165) is 12.8 Å². The van der Waals surface area contributed by atoms with E-state index in [0.29, 0.717) is 103 Å². The molecule has 0 aliphatic heterocycles. The van der Waals surface area contributed by atoms with Crippen LogP contribution in [0.1, 0.15) is 177 Å². The number of esters is 5. The van der Waals surface area contributed by atoms with Crippen LogP contribution in [0, 0.1) is 64.6 Å². The van der Waals surface area contributed by atoms with Gasteiger partial charge >= 0.3 is 29.8 Å². The van der Waals surface area contributed by atoms with Gasteiger partial charge in [-0.3, -0.25) is 38.4 Å². The second kappa shape index (κ2) is 35.5. The minimum absolute atomic E-state index is 0.0115. The third-order valence-corrected chi connectivity index (χ3v) is 15.1. The Hall–Kier alpha value is -5.25. The monoisotopic (exact) mass is 1130 g/mol. The molecule has 79 heavy (non-hydrogen) atoms. The molecule has 0 aromatic heterocycles. The van der Waals surface area contributed by atoms with Gasteiger partial charge in [0, 0.05) is 85.0 Å². The summed E-state index contributed by atoms with van der Waals surface area (Å²) in [5.41, 5.74) is 0. The quantitative estimate of drug-likeness (QED) is 0.0123. The maximum atomic E-state index is 14.0. The number of ether oxygens (including phenoxy) is 7. The Balaban J connectivity index is 1.44. The number of carbonyl (C=O) groups excluding carboxylic acids is 8. The van der Waals surface area contributed by atoms with E-state index < -0.39 is 70.9 Å². The van der Waals surface area contributed by atoms with Crippen LogP contribution in [0.2, 0.25) is 0 Å². The van der Waals surface area contributed by atoms with Crippen LogP contribution in [0.3, 0.4) is 0 Å². The lowest BCUT2D eigenvalue weighted by Crippen LogP contribution is -2.48. The molecule has 0 saturated heterocycles. The third-order valence-electron chi connectivity index (χ3n) is 15.1. The zero-order chi connectivity index (χ0) is 58.8. The lowest BCUT2D eigenvalue weighted by atomic mass is 9.72. The van der Waals surface area contributed by atoms with Gasteiger partial charge in [-0.2, -0.15) is 8.78 Å². The topological polar surface area (TPSA) is 225 Å². The van der Waals surface area contributed by atoms with Gasteiger partial charge in [0.05, 0.1) is 31.5 Å². The van der Waals surface area contributed by atoms with Crippen molar-refractivity contribution >= 4 is 47.4 Å². The molecular formula is C57H85F5N2O15. The highest BCUT2D eigenvalue weighted by atomic mass is 19.2. The van der Waals surface area contributed by atoms with Crippen LogP contribution in [0.15, 0.2) is 0 Å². The number of amides is 2. The molecule has 2 aliphatic rings. The number of halogens is 5. The molecule has 2 amide bonds. The van der Waals surface area contributed by atoms with Crippen molar-refractivity contribution in [2.75, 3.05) is 33.0 Å². The van der Waals surface area contributed by atoms with Crippen LogP contribution in [0.4, 0.5) is 22.0 Å². The fourth-order valence-electron chi connectivity index (χ4n) is 10.3. The van der Waals surface area contributed by atoms with E-state index in [1.54, 1.807) is 0 Å².